The average molecular weight is 1750 g/mol. The van der Waals surface area contributed by atoms with Gasteiger partial charge in [-0.15, -0.1) is 34.9 Å². The fourth-order valence-corrected chi connectivity index (χ4v) is 17.1. The number of aromatic nitrogens is 1. The van der Waals surface area contributed by atoms with E-state index in [1.165, 1.54) is 88.9 Å². The molecule has 7 amide bonds. The van der Waals surface area contributed by atoms with Gasteiger partial charge in [0.25, 0.3) is 17.7 Å². The minimum Gasteiger partial charge on any atom is -0.508 e. The largest absolute Gasteiger partial charge is 0.508 e. The van der Waals surface area contributed by atoms with Crippen LogP contribution in [0, 0.1) is 30.6 Å². The highest BCUT2D eigenvalue weighted by molar-refractivity contribution is 8.18. The number of phenols is 1. The number of thioether (sulfide) groups is 2. The molecule has 1 aromatic heterocycles. The maximum atomic E-state index is 15.0. The summed E-state index contributed by atoms with van der Waals surface area (Å²) in [6.07, 6.45) is 2.06. The number of aryl methyl sites for hydroxylation is 1. The predicted octanol–water partition coefficient (Wildman–Crippen LogP) is 9.67. The number of carbonyl (C=O) groups excluding carboxylic acids is 11. The van der Waals surface area contributed by atoms with Gasteiger partial charge < -0.3 is 64.2 Å². The molecule has 4 aliphatic rings. The number of nitrogens with zero attached hydrogens (tertiary/aromatic N) is 7. The summed E-state index contributed by atoms with van der Waals surface area (Å²) in [5, 5.41) is 47.6. The number of alkyl carbamates (subject to hydrolysis) is 1. The molecule has 5 heterocycles. The highest BCUT2D eigenvalue weighted by atomic mass is 35.5. The first-order valence-electron chi connectivity index (χ1n) is 40.1. The van der Waals surface area contributed by atoms with Crippen molar-refractivity contribution in [3.05, 3.63) is 115 Å². The molecule has 3 aromatic rings. The quantitative estimate of drug-likeness (QED) is 0.0181. The molecule has 660 valence electrons. The van der Waals surface area contributed by atoms with Gasteiger partial charge in [0.05, 0.1) is 36.8 Å². The molecule has 2 saturated heterocycles. The first-order chi connectivity index (χ1) is 56.4. The van der Waals surface area contributed by atoms with Crippen molar-refractivity contribution in [2.24, 2.45) is 23.7 Å². The molecule has 2 aromatic carbocycles. The van der Waals surface area contributed by atoms with E-state index in [-0.39, 0.29) is 85.4 Å². The van der Waals surface area contributed by atoms with Gasteiger partial charge in [-0.1, -0.05) is 95.5 Å². The number of anilines is 1. The molecule has 6 N–H and O–H groups in total. The molecule has 0 aliphatic carbocycles. The number of epoxide rings is 1. The van der Waals surface area contributed by atoms with Gasteiger partial charge >= 0.3 is 24.0 Å². The number of hydrogen-bond acceptors (Lipinski definition) is 26. The lowest BCUT2D eigenvalue weighted by molar-refractivity contribution is -0.161. The van der Waals surface area contributed by atoms with E-state index in [9.17, 15) is 72.9 Å². The van der Waals surface area contributed by atoms with Crippen LogP contribution in [0.15, 0.2) is 82.5 Å². The molecule has 2 fully saturated rings. The Hall–Kier alpha value is -8.74. The Bertz CT molecular complexity index is 4350. The van der Waals surface area contributed by atoms with Crippen LogP contribution >= 0.6 is 46.5 Å². The van der Waals surface area contributed by atoms with Gasteiger partial charge in [0.2, 0.25) is 17.7 Å². The number of carboxylic acid groups (broad SMARTS) is 1. The number of benzene rings is 2. The fourth-order valence-electron chi connectivity index (χ4n) is 14.6. The van der Waals surface area contributed by atoms with Crippen molar-refractivity contribution in [1.82, 2.24) is 45.7 Å². The molecule has 31 nitrogen and oxygen atoms in total. The molecule has 120 heavy (non-hydrogen) atoms. The number of aliphatic carboxylic acids is 1. The van der Waals surface area contributed by atoms with Gasteiger partial charge in [0.15, 0.2) is 23.4 Å². The zero-order valence-corrected chi connectivity index (χ0v) is 75.2. The molecular weight excluding hydrogens is 1630 g/mol. The van der Waals surface area contributed by atoms with Gasteiger partial charge in [-0.05, 0) is 145 Å². The molecule has 14 atom stereocenters. The number of carbonyl (C=O) groups is 12. The maximum absolute atomic E-state index is 15.0. The fraction of sp³-hybridized carbons (Fsp3) is 0.588. The molecule has 4 bridgehead atoms. The number of aromatic hydroxyl groups is 1. The van der Waals surface area contributed by atoms with E-state index in [1.54, 1.807) is 123 Å². The summed E-state index contributed by atoms with van der Waals surface area (Å²) in [5.41, 5.74) is -1.34. The number of halogens is 1. The number of nitrogens with one attached hydrogen (secondary N) is 3. The van der Waals surface area contributed by atoms with E-state index in [1.807, 2.05) is 40.7 Å². The first-order valence-corrected chi connectivity index (χ1v) is 43.5. The number of ketones is 2. The van der Waals surface area contributed by atoms with Crippen LogP contribution in [-0.2, 0) is 84.5 Å². The Morgan fingerprint density at radius 2 is 1.55 bits per heavy atom. The van der Waals surface area contributed by atoms with E-state index >= 15 is 0 Å². The summed E-state index contributed by atoms with van der Waals surface area (Å²) in [6.45, 7) is 21.0. The van der Waals surface area contributed by atoms with Crippen LogP contribution in [-0.4, -0.2) is 255 Å². The number of hydrazine groups is 1. The highest BCUT2D eigenvalue weighted by Crippen LogP contribution is 2.50. The van der Waals surface area contributed by atoms with Gasteiger partial charge in [0.1, 0.15) is 76.3 Å². The lowest BCUT2D eigenvalue weighted by Gasteiger charge is -2.42. The van der Waals surface area contributed by atoms with E-state index in [2.05, 4.69) is 20.9 Å². The van der Waals surface area contributed by atoms with Crippen LogP contribution in [0.25, 0.3) is 0 Å². The third-order valence-corrected chi connectivity index (χ3v) is 26.0. The third-order valence-electron chi connectivity index (χ3n) is 22.9. The Labute approximate surface area is 720 Å². The monoisotopic (exact) mass is 1750 g/mol. The molecule has 7 rings (SSSR count). The number of methoxy groups -OCH3 is 2. The zero-order chi connectivity index (χ0) is 89.2. The number of esters is 2. The van der Waals surface area contributed by atoms with Crippen LogP contribution < -0.4 is 25.6 Å². The number of aliphatic hydroxyl groups is 1. The summed E-state index contributed by atoms with van der Waals surface area (Å²) in [7, 11) is 9.26. The number of Topliss-reactive ketones (excluding diaryl/α,β-unsaturated/α-hetero) is 2. The SMILES string of the molecule is CC[C@H](C)[C@H](NC(=O)C(C)(C)N(C)CCC(=O)CN1C(=O)C=CSCSC=CC(=O)N1CC(=O)CCCN(C)[C@@H](C)C(=O)O[C@H]1CC(=O)N(C)c2cc(cc(OC)c2Cl)C/C(C)=C/C=C/[C@@H](OC)[C@@]2(O)CC(OC(=O)N2)[C@@H](C)[C@H]2O[C@@]12C)C(=O)N(C)[C@H](C[C@@H](OC(C)=O)c1nc(C(=O)N[C@@H](Cc2ccc(O)c(C)c2)CC(C)C(=O)O)cs1)C(C)C. The normalized spacial score (nSPS) is 23.1. The summed E-state index contributed by atoms with van der Waals surface area (Å²) in [4.78, 5) is 178. The van der Waals surface area contributed by atoms with Crippen LogP contribution in [0.1, 0.15) is 173 Å². The van der Waals surface area contributed by atoms with Crippen molar-refractivity contribution in [3.8, 4) is 11.5 Å². The van der Waals surface area contributed by atoms with Crippen LogP contribution in [0.5, 0.6) is 11.5 Å². The van der Waals surface area contributed by atoms with E-state index in [0.717, 1.165) is 38.1 Å². The van der Waals surface area contributed by atoms with Gasteiger partial charge in [0, 0.05) is 101 Å². The smallest absolute Gasteiger partial charge is 0.409 e. The van der Waals surface area contributed by atoms with E-state index < -0.39 is 180 Å². The van der Waals surface area contributed by atoms with Crippen molar-refractivity contribution < 1.29 is 101 Å². The number of rotatable bonds is 35. The van der Waals surface area contributed by atoms with Crippen molar-refractivity contribution in [2.45, 2.75) is 226 Å². The van der Waals surface area contributed by atoms with Crippen molar-refractivity contribution in [2.75, 3.05) is 78.6 Å². The number of ether oxygens (including phenoxy) is 6. The highest BCUT2D eigenvalue weighted by Gasteiger charge is 2.65. The van der Waals surface area contributed by atoms with Crippen molar-refractivity contribution >= 4 is 123 Å². The molecule has 35 heteroatoms. The minimum atomic E-state index is -1.92. The molecule has 0 radical (unpaired) electrons. The summed E-state index contributed by atoms with van der Waals surface area (Å²) in [5.74, 6) is -8.81. The summed E-state index contributed by atoms with van der Waals surface area (Å²) >= 11 is 10.5. The second-order valence-electron chi connectivity index (χ2n) is 32.6. The Morgan fingerprint density at radius 3 is 2.15 bits per heavy atom. The van der Waals surface area contributed by atoms with E-state index in [0.29, 0.717) is 34.9 Å². The topological polar surface area (TPSA) is 393 Å². The first kappa shape index (κ1) is 98.4. The third kappa shape index (κ3) is 26.2. The van der Waals surface area contributed by atoms with Crippen LogP contribution in [0.2, 0.25) is 5.02 Å². The molecular formula is C85H119ClN10O21S3. The lowest BCUT2D eigenvalue weighted by atomic mass is 9.83. The number of allylic oxidation sites excluding steroid dienone is 3. The van der Waals surface area contributed by atoms with Crippen molar-refractivity contribution in [1.29, 1.82) is 0 Å². The predicted molar refractivity (Wildman–Crippen MR) is 456 cm³/mol. The number of carboxylic acids is 1. The average Bonchev–Trinajstić information content (AvgIpc) is 1.58. The van der Waals surface area contributed by atoms with E-state index in [4.69, 9.17) is 40.0 Å². The van der Waals surface area contributed by atoms with Gasteiger partial charge in [-0.25, -0.2) is 19.8 Å². The number of amides is 7. The zero-order valence-electron chi connectivity index (χ0n) is 72.0. The Morgan fingerprint density at radius 1 is 0.900 bits per heavy atom. The van der Waals surface area contributed by atoms with Gasteiger partial charge in [-0.2, -0.15) is 0 Å². The lowest BCUT2D eigenvalue weighted by Crippen LogP contribution is -2.63. The van der Waals surface area contributed by atoms with Gasteiger partial charge in [-0.3, -0.25) is 67.9 Å². The Kier molecular flexibility index (Phi) is 35.9. The standard InChI is InChI=1S/C85H119ClN10O21S3/c1-20-50(5)74(78(105)94(17)62(48(2)3)41-66(114-55(10)97)77-88-61(46-120-77)76(104)87-58(37-52(7)79(106)107)38-56-26-27-64(100)51(6)36-56)89-81(109)83(11,12)92(15)32-28-60(99)45-96-71(102)30-34-119-47-118-33-29-70(101)95(96)44-59(98)24-22-31-91(14)54(9)80(108)116-69-42-72(103)93(16)63-39-57(40-65(112-18)73(63)86)35-49(4)23-21-25-68(113-19)85(111)43-67(115-82(110)90-85)53(8)75-84(69,13)117-75/h21,23,25-27,29-30,33-34,36,39-40,46,48,50,52-54,58,62,66-69,74-75,100,111H,20,22,24,28,31-32,35,37-38,41-45,47H2,1-19H3,(H,87,104)(H,89,109)(H,90,110)(H,106,107)/b25-21+,33-29?,34-30?,49-23+/t50-,52?,53+,54-,58+,62+,66+,67?,68+,69-,74-,75+,84-,85-/m0/s1. The molecule has 2 unspecified atom stereocenters. The minimum absolute atomic E-state index is 0.00314. The molecule has 0 spiro atoms. The van der Waals surface area contributed by atoms with Crippen molar-refractivity contribution in [3.63, 3.8) is 0 Å². The molecule has 4 aliphatic heterocycles. The summed E-state index contributed by atoms with van der Waals surface area (Å²) < 4.78 is 35.7. The second-order valence-corrected chi connectivity index (χ2v) is 36.0. The Balaban J connectivity index is 0.995. The number of thiazole rings is 1. The number of fused-ring (bicyclic) bond motifs is 5. The molecule has 0 saturated carbocycles. The van der Waals surface area contributed by atoms with Crippen LogP contribution in [0.4, 0.5) is 10.5 Å². The number of hydrogen-bond donors (Lipinski definition) is 6. The van der Waals surface area contributed by atoms with Crippen LogP contribution in [0.3, 0.4) is 0 Å². The second kappa shape index (κ2) is 43.8. The number of likely N-dealkylation sites (N-methyl/N-ethyl adjacent to an activating group) is 3. The summed E-state index contributed by atoms with van der Waals surface area (Å²) in [6, 6.07) is 5.16. The number of phenolic OH excluding ortho intramolecular Hbond substituents is 1. The maximum Gasteiger partial charge on any atom is 0.409 e.